The van der Waals surface area contributed by atoms with E-state index in [1.807, 2.05) is 24.3 Å². The van der Waals surface area contributed by atoms with Gasteiger partial charge in [0.1, 0.15) is 11.9 Å². The fourth-order valence-electron chi connectivity index (χ4n) is 3.33. The second kappa shape index (κ2) is 5.88. The second-order valence-electron chi connectivity index (χ2n) is 6.18. The summed E-state index contributed by atoms with van der Waals surface area (Å²) in [5.41, 5.74) is 1.48. The van der Waals surface area contributed by atoms with Gasteiger partial charge in [-0.2, -0.15) is 0 Å². The van der Waals surface area contributed by atoms with E-state index in [0.717, 1.165) is 10.6 Å². The lowest BCUT2D eigenvalue weighted by molar-refractivity contribution is -0.151. The number of nitrogens with zero attached hydrogens (tertiary/aromatic N) is 1. The Morgan fingerprint density at radius 1 is 1.24 bits per heavy atom. The molecule has 1 saturated heterocycles. The van der Waals surface area contributed by atoms with Gasteiger partial charge in [0.15, 0.2) is 4.87 Å². The van der Waals surface area contributed by atoms with Crippen LogP contribution in [0.5, 0.6) is 0 Å². The van der Waals surface area contributed by atoms with Crippen molar-refractivity contribution in [1.82, 2.24) is 0 Å². The first kappa shape index (κ1) is 16.1. The first-order chi connectivity index (χ1) is 12.0. The number of rotatable bonds is 3. The second-order valence-corrected chi connectivity index (χ2v) is 7.50. The number of amides is 1. The first-order valence-corrected chi connectivity index (χ1v) is 8.90. The molecule has 0 saturated carbocycles. The summed E-state index contributed by atoms with van der Waals surface area (Å²) in [5, 5.41) is 0. The monoisotopic (exact) mass is 357 g/mol. The third kappa shape index (κ3) is 2.52. The molecule has 1 amide bonds. The van der Waals surface area contributed by atoms with Crippen LogP contribution in [-0.4, -0.2) is 16.7 Å². The van der Waals surface area contributed by atoms with E-state index >= 15 is 0 Å². The molecule has 0 N–H and O–H groups in total. The zero-order valence-electron chi connectivity index (χ0n) is 13.6. The van der Waals surface area contributed by atoms with Crippen LogP contribution < -0.4 is 4.90 Å². The Bertz CT molecular complexity index is 854. The highest BCUT2D eigenvalue weighted by Gasteiger charge is 2.58. The molecule has 2 aliphatic rings. The van der Waals surface area contributed by atoms with Gasteiger partial charge in [-0.1, -0.05) is 36.0 Å². The van der Waals surface area contributed by atoms with Crippen molar-refractivity contribution in [2.75, 3.05) is 4.90 Å². The van der Waals surface area contributed by atoms with Crippen LogP contribution in [0.15, 0.2) is 53.4 Å². The van der Waals surface area contributed by atoms with E-state index in [1.165, 1.54) is 23.9 Å². The standard InChI is InChI=1S/C19H16FNO3S/c1-12(13-6-8-14(20)9-7-13)24-18(23)19-11-10-17(22)21(19)15-4-2-3-5-16(15)25-19/h2-9,12H,10-11H2,1H3/t12-,19-/m1/s1. The molecule has 0 radical (unpaired) electrons. The van der Waals surface area contributed by atoms with Crippen molar-refractivity contribution in [3.63, 3.8) is 0 Å². The van der Waals surface area contributed by atoms with Crippen molar-refractivity contribution >= 4 is 29.3 Å². The smallest absolute Gasteiger partial charge is 0.344 e. The fourth-order valence-corrected chi connectivity index (χ4v) is 4.73. The Balaban J connectivity index is 1.61. The summed E-state index contributed by atoms with van der Waals surface area (Å²) in [5.74, 6) is -0.838. The number of hydrogen-bond donors (Lipinski definition) is 0. The van der Waals surface area contributed by atoms with Crippen LogP contribution in [0.25, 0.3) is 0 Å². The average molecular weight is 357 g/mol. The van der Waals surface area contributed by atoms with Crippen molar-refractivity contribution in [2.45, 2.75) is 35.6 Å². The van der Waals surface area contributed by atoms with E-state index in [4.69, 9.17) is 4.74 Å². The highest BCUT2D eigenvalue weighted by molar-refractivity contribution is 8.02. The van der Waals surface area contributed by atoms with E-state index < -0.39 is 16.9 Å². The van der Waals surface area contributed by atoms with Crippen LogP contribution in [0.2, 0.25) is 0 Å². The predicted octanol–water partition coefficient (Wildman–Crippen LogP) is 4.06. The lowest BCUT2D eigenvalue weighted by Crippen LogP contribution is -2.48. The fraction of sp³-hybridized carbons (Fsp3) is 0.263. The lowest BCUT2D eigenvalue weighted by Gasteiger charge is -2.30. The van der Waals surface area contributed by atoms with E-state index in [0.29, 0.717) is 18.4 Å². The summed E-state index contributed by atoms with van der Waals surface area (Å²) >= 11 is 1.38. The van der Waals surface area contributed by atoms with Crippen molar-refractivity contribution in [3.05, 3.63) is 59.9 Å². The molecular weight excluding hydrogens is 341 g/mol. The van der Waals surface area contributed by atoms with Crippen LogP contribution in [-0.2, 0) is 14.3 Å². The molecule has 0 unspecified atom stereocenters. The Morgan fingerprint density at radius 2 is 1.96 bits per heavy atom. The number of carbonyl (C=O) groups excluding carboxylic acids is 2. The maximum absolute atomic E-state index is 13.1. The van der Waals surface area contributed by atoms with Gasteiger partial charge in [-0.05, 0) is 36.8 Å². The maximum atomic E-state index is 13.1. The molecule has 2 atom stereocenters. The van der Waals surface area contributed by atoms with Crippen molar-refractivity contribution in [2.24, 2.45) is 0 Å². The molecule has 1 fully saturated rings. The summed E-state index contributed by atoms with van der Waals surface area (Å²) in [6.45, 7) is 1.75. The Labute approximate surface area is 149 Å². The highest BCUT2D eigenvalue weighted by Crippen LogP contribution is 2.56. The van der Waals surface area contributed by atoms with Crippen LogP contribution in [0.3, 0.4) is 0 Å². The van der Waals surface area contributed by atoms with Gasteiger partial charge in [0.05, 0.1) is 5.69 Å². The quantitative estimate of drug-likeness (QED) is 0.777. The van der Waals surface area contributed by atoms with Gasteiger partial charge >= 0.3 is 5.97 Å². The predicted molar refractivity (Wildman–Crippen MR) is 92.7 cm³/mol. The highest BCUT2D eigenvalue weighted by atomic mass is 32.2. The Hall–Kier alpha value is -2.34. The van der Waals surface area contributed by atoms with Crippen LogP contribution in [0.4, 0.5) is 10.1 Å². The number of ether oxygens (including phenoxy) is 1. The largest absolute Gasteiger partial charge is 0.455 e. The molecule has 4 nitrogen and oxygen atoms in total. The SMILES string of the molecule is C[C@@H](OC(=O)[C@]12CCC(=O)N1c1ccccc1S2)c1ccc(F)cc1. The van der Waals surface area contributed by atoms with Crippen LogP contribution in [0.1, 0.15) is 31.4 Å². The number of hydrogen-bond acceptors (Lipinski definition) is 4. The van der Waals surface area contributed by atoms with Gasteiger partial charge in [0.25, 0.3) is 0 Å². The van der Waals surface area contributed by atoms with Gasteiger partial charge in [0, 0.05) is 17.7 Å². The summed E-state index contributed by atoms with van der Waals surface area (Å²) in [7, 11) is 0. The topological polar surface area (TPSA) is 46.6 Å². The van der Waals surface area contributed by atoms with E-state index in [1.54, 1.807) is 24.0 Å². The molecule has 0 bridgehead atoms. The minimum Gasteiger partial charge on any atom is -0.455 e. The van der Waals surface area contributed by atoms with Gasteiger partial charge in [-0.3, -0.25) is 9.69 Å². The number of fused-ring (bicyclic) bond motifs is 3. The number of benzene rings is 2. The summed E-state index contributed by atoms with van der Waals surface area (Å²) in [6, 6.07) is 13.4. The van der Waals surface area contributed by atoms with Crippen LogP contribution in [0, 0.1) is 5.82 Å². The van der Waals surface area contributed by atoms with Crippen molar-refractivity contribution in [3.8, 4) is 0 Å². The average Bonchev–Trinajstić information content (AvgIpc) is 3.11. The third-order valence-electron chi connectivity index (χ3n) is 4.62. The lowest BCUT2D eigenvalue weighted by atomic mass is 10.1. The van der Waals surface area contributed by atoms with Crippen molar-refractivity contribution in [1.29, 1.82) is 0 Å². The molecule has 0 spiro atoms. The van der Waals surface area contributed by atoms with E-state index in [9.17, 15) is 14.0 Å². The normalized spacial score (nSPS) is 22.5. The van der Waals surface area contributed by atoms with Gasteiger partial charge in [0.2, 0.25) is 5.91 Å². The van der Waals surface area contributed by atoms with Crippen LogP contribution >= 0.6 is 11.8 Å². The number of esters is 1. The molecule has 0 aliphatic carbocycles. The molecule has 2 aromatic rings. The summed E-state index contributed by atoms with van der Waals surface area (Å²) in [4.78, 5) is 26.8. The third-order valence-corrected chi connectivity index (χ3v) is 6.07. The Kier molecular flexibility index (Phi) is 3.80. The molecule has 2 heterocycles. The maximum Gasteiger partial charge on any atom is 0.344 e. The molecule has 0 aromatic heterocycles. The minimum atomic E-state index is -1.03. The van der Waals surface area contributed by atoms with E-state index in [2.05, 4.69) is 0 Å². The number of thioether (sulfide) groups is 1. The molecule has 4 rings (SSSR count). The Morgan fingerprint density at radius 3 is 2.72 bits per heavy atom. The number of anilines is 1. The molecule has 25 heavy (non-hydrogen) atoms. The molecule has 6 heteroatoms. The molecule has 2 aromatic carbocycles. The van der Waals surface area contributed by atoms with E-state index in [-0.39, 0.29) is 11.7 Å². The number of carbonyl (C=O) groups is 2. The first-order valence-electron chi connectivity index (χ1n) is 8.09. The zero-order chi connectivity index (χ0) is 17.6. The molecule has 2 aliphatic heterocycles. The zero-order valence-corrected chi connectivity index (χ0v) is 14.4. The number of halogens is 1. The van der Waals surface area contributed by atoms with Crippen molar-refractivity contribution < 1.29 is 18.7 Å². The van der Waals surface area contributed by atoms with Gasteiger partial charge in [-0.15, -0.1) is 0 Å². The molecule has 128 valence electrons. The number of para-hydroxylation sites is 1. The summed E-state index contributed by atoms with van der Waals surface area (Å²) in [6.07, 6.45) is 0.214. The van der Waals surface area contributed by atoms with Gasteiger partial charge < -0.3 is 4.74 Å². The molecular formula is C19H16FNO3S. The summed E-state index contributed by atoms with van der Waals surface area (Å²) < 4.78 is 18.7. The minimum absolute atomic E-state index is 0.0659. The van der Waals surface area contributed by atoms with Gasteiger partial charge in [-0.25, -0.2) is 9.18 Å².